The number of aryl methyl sites for hydroxylation is 2. The highest BCUT2D eigenvalue weighted by atomic mass is 79.9. The molecule has 1 N–H and O–H groups in total. The van der Waals surface area contributed by atoms with E-state index in [-0.39, 0.29) is 0 Å². The smallest absolute Gasteiger partial charge is 0.122 e. The minimum Gasteiger partial charge on any atom is -0.382 e. The fraction of sp³-hybridized carbons (Fsp3) is 0.357. The van der Waals surface area contributed by atoms with E-state index in [9.17, 15) is 5.11 Å². The second kappa shape index (κ2) is 5.67. The third kappa shape index (κ3) is 2.49. The molecule has 1 aromatic carbocycles. The normalized spacial score (nSPS) is 12.7. The second-order valence-corrected chi connectivity index (χ2v) is 5.21. The van der Waals surface area contributed by atoms with E-state index < -0.39 is 6.10 Å². The number of benzene rings is 1. The van der Waals surface area contributed by atoms with E-state index in [1.54, 1.807) is 6.20 Å². The van der Waals surface area contributed by atoms with Crippen LogP contribution in [-0.4, -0.2) is 14.9 Å². The first kappa shape index (κ1) is 13.3. The topological polar surface area (TPSA) is 38.0 Å². The zero-order valence-corrected chi connectivity index (χ0v) is 12.2. The van der Waals surface area contributed by atoms with E-state index >= 15 is 0 Å². The quantitative estimate of drug-likeness (QED) is 0.939. The Morgan fingerprint density at radius 3 is 2.78 bits per heavy atom. The summed E-state index contributed by atoms with van der Waals surface area (Å²) in [4.78, 5) is 0. The molecule has 2 rings (SSSR count). The minimum atomic E-state index is -0.644. The third-order valence-electron chi connectivity index (χ3n) is 3.01. The number of aliphatic hydroxyl groups excluding tert-OH is 1. The van der Waals surface area contributed by atoms with Crippen LogP contribution in [0.3, 0.4) is 0 Å². The molecule has 1 atom stereocenters. The molecular formula is C14H17BrN2O. The highest BCUT2D eigenvalue weighted by Crippen LogP contribution is 2.30. The summed E-state index contributed by atoms with van der Waals surface area (Å²) in [7, 11) is 0. The van der Waals surface area contributed by atoms with Crippen molar-refractivity contribution in [2.24, 2.45) is 0 Å². The van der Waals surface area contributed by atoms with E-state index in [2.05, 4.69) is 28.0 Å². The van der Waals surface area contributed by atoms with Crippen LogP contribution in [-0.2, 0) is 6.54 Å². The standard InChI is InChI=1S/C14H17BrN2O/c1-3-8-17-13(12(15)9-16-17)14(18)11-7-5-4-6-10(11)2/h4-7,9,14,18H,3,8H2,1-2H3. The summed E-state index contributed by atoms with van der Waals surface area (Å²) in [5.41, 5.74) is 2.84. The lowest BCUT2D eigenvalue weighted by molar-refractivity contribution is 0.206. The summed E-state index contributed by atoms with van der Waals surface area (Å²) in [6.07, 6.45) is 2.09. The first-order chi connectivity index (χ1) is 8.65. The zero-order chi connectivity index (χ0) is 13.1. The highest BCUT2D eigenvalue weighted by Gasteiger charge is 2.20. The Morgan fingerprint density at radius 1 is 1.39 bits per heavy atom. The molecule has 0 radical (unpaired) electrons. The molecule has 0 saturated heterocycles. The van der Waals surface area contributed by atoms with Crippen molar-refractivity contribution in [3.05, 3.63) is 51.8 Å². The van der Waals surface area contributed by atoms with Crippen LogP contribution in [0.2, 0.25) is 0 Å². The van der Waals surface area contributed by atoms with Gasteiger partial charge in [0, 0.05) is 6.54 Å². The Balaban J connectivity index is 2.42. The number of hydrogen-bond donors (Lipinski definition) is 1. The fourth-order valence-electron chi connectivity index (χ4n) is 2.07. The van der Waals surface area contributed by atoms with Gasteiger partial charge in [0.05, 0.1) is 16.4 Å². The minimum absolute atomic E-state index is 0.644. The van der Waals surface area contributed by atoms with Crippen LogP contribution in [0.1, 0.15) is 36.3 Å². The molecule has 0 fully saturated rings. The molecule has 0 aliphatic heterocycles. The van der Waals surface area contributed by atoms with Gasteiger partial charge in [-0.15, -0.1) is 0 Å². The van der Waals surface area contributed by atoms with E-state index in [0.29, 0.717) is 0 Å². The van der Waals surface area contributed by atoms with Crippen molar-refractivity contribution in [2.75, 3.05) is 0 Å². The average molecular weight is 309 g/mol. The van der Waals surface area contributed by atoms with Crippen molar-refractivity contribution in [1.29, 1.82) is 0 Å². The monoisotopic (exact) mass is 308 g/mol. The summed E-state index contributed by atoms with van der Waals surface area (Å²) in [5.74, 6) is 0. The van der Waals surface area contributed by atoms with Gasteiger partial charge in [-0.1, -0.05) is 31.2 Å². The molecular weight excluding hydrogens is 292 g/mol. The predicted molar refractivity (Wildman–Crippen MR) is 75.5 cm³/mol. The molecule has 0 bridgehead atoms. The van der Waals surface area contributed by atoms with E-state index in [0.717, 1.165) is 34.3 Å². The molecule has 4 heteroatoms. The zero-order valence-electron chi connectivity index (χ0n) is 10.6. The first-order valence-corrected chi connectivity index (χ1v) is 6.89. The highest BCUT2D eigenvalue weighted by molar-refractivity contribution is 9.10. The first-order valence-electron chi connectivity index (χ1n) is 6.10. The van der Waals surface area contributed by atoms with Crippen molar-refractivity contribution in [3.8, 4) is 0 Å². The van der Waals surface area contributed by atoms with E-state index in [1.165, 1.54) is 0 Å². The van der Waals surface area contributed by atoms with Crippen LogP contribution in [0, 0.1) is 6.92 Å². The molecule has 96 valence electrons. The summed E-state index contributed by atoms with van der Waals surface area (Å²) in [6, 6.07) is 7.88. The molecule has 0 saturated carbocycles. The number of halogens is 1. The molecule has 1 heterocycles. The van der Waals surface area contributed by atoms with Crippen LogP contribution in [0.4, 0.5) is 0 Å². The average Bonchev–Trinajstić information content (AvgIpc) is 2.71. The summed E-state index contributed by atoms with van der Waals surface area (Å²) in [6.45, 7) is 4.91. The van der Waals surface area contributed by atoms with Crippen molar-refractivity contribution < 1.29 is 5.11 Å². The molecule has 0 amide bonds. The molecule has 18 heavy (non-hydrogen) atoms. The van der Waals surface area contributed by atoms with Crippen LogP contribution >= 0.6 is 15.9 Å². The van der Waals surface area contributed by atoms with Crippen molar-refractivity contribution >= 4 is 15.9 Å². The summed E-state index contributed by atoms with van der Waals surface area (Å²) >= 11 is 3.47. The third-order valence-corrected chi connectivity index (χ3v) is 3.62. The van der Waals surface area contributed by atoms with Crippen molar-refractivity contribution in [1.82, 2.24) is 9.78 Å². The molecule has 1 unspecified atom stereocenters. The van der Waals surface area contributed by atoms with Gasteiger partial charge in [0.25, 0.3) is 0 Å². The lowest BCUT2D eigenvalue weighted by atomic mass is 10.0. The maximum absolute atomic E-state index is 10.6. The van der Waals surface area contributed by atoms with Crippen LogP contribution in [0.15, 0.2) is 34.9 Å². The van der Waals surface area contributed by atoms with Crippen LogP contribution in [0.5, 0.6) is 0 Å². The maximum Gasteiger partial charge on any atom is 0.122 e. The number of aliphatic hydroxyl groups is 1. The fourth-order valence-corrected chi connectivity index (χ4v) is 2.59. The largest absolute Gasteiger partial charge is 0.382 e. The summed E-state index contributed by atoms with van der Waals surface area (Å²) in [5, 5.41) is 14.9. The van der Waals surface area contributed by atoms with E-state index in [4.69, 9.17) is 0 Å². The van der Waals surface area contributed by atoms with Crippen LogP contribution in [0.25, 0.3) is 0 Å². The predicted octanol–water partition coefficient (Wildman–Crippen LogP) is 3.45. The molecule has 1 aromatic heterocycles. The van der Waals surface area contributed by atoms with Gasteiger partial charge in [-0.25, -0.2) is 0 Å². The molecule has 2 aromatic rings. The van der Waals surface area contributed by atoms with Crippen molar-refractivity contribution in [2.45, 2.75) is 32.9 Å². The Labute approximate surface area is 116 Å². The SMILES string of the molecule is CCCn1ncc(Br)c1C(O)c1ccccc1C. The molecule has 3 nitrogen and oxygen atoms in total. The van der Waals surface area contributed by atoms with Gasteiger partial charge in [0.2, 0.25) is 0 Å². The van der Waals surface area contributed by atoms with Gasteiger partial charge in [0.1, 0.15) is 6.10 Å². The van der Waals surface area contributed by atoms with E-state index in [1.807, 2.05) is 35.9 Å². The lowest BCUT2D eigenvalue weighted by Gasteiger charge is -2.16. The van der Waals surface area contributed by atoms with Gasteiger partial charge in [-0.05, 0) is 40.4 Å². The Morgan fingerprint density at radius 2 is 2.11 bits per heavy atom. The van der Waals surface area contributed by atoms with Gasteiger partial charge in [0.15, 0.2) is 0 Å². The maximum atomic E-state index is 10.6. The summed E-state index contributed by atoms with van der Waals surface area (Å²) < 4.78 is 2.72. The van der Waals surface area contributed by atoms with Gasteiger partial charge in [-0.3, -0.25) is 4.68 Å². The molecule has 0 aliphatic rings. The van der Waals surface area contributed by atoms with Gasteiger partial charge >= 0.3 is 0 Å². The van der Waals surface area contributed by atoms with Gasteiger partial charge in [-0.2, -0.15) is 5.10 Å². The number of nitrogens with zero attached hydrogens (tertiary/aromatic N) is 2. The lowest BCUT2D eigenvalue weighted by Crippen LogP contribution is -2.11. The van der Waals surface area contributed by atoms with Crippen LogP contribution < -0.4 is 0 Å². The Kier molecular flexibility index (Phi) is 4.19. The molecule has 0 spiro atoms. The molecule has 0 aliphatic carbocycles. The second-order valence-electron chi connectivity index (χ2n) is 4.36. The van der Waals surface area contributed by atoms with Gasteiger partial charge < -0.3 is 5.11 Å². The Hall–Kier alpha value is -1.13. The number of aromatic nitrogens is 2. The number of rotatable bonds is 4. The van der Waals surface area contributed by atoms with Crippen molar-refractivity contribution in [3.63, 3.8) is 0 Å². The Bertz CT molecular complexity index is 536. The number of hydrogen-bond acceptors (Lipinski definition) is 2.